The number of hydrogen-bond acceptors (Lipinski definition) is 4. The molecule has 1 rings (SSSR count). The molecule has 0 unspecified atom stereocenters. The van der Waals surface area contributed by atoms with Gasteiger partial charge in [-0.3, -0.25) is 15.4 Å². The average Bonchev–Trinajstić information content (AvgIpc) is 2.31. The summed E-state index contributed by atoms with van der Waals surface area (Å²) in [5.74, 6) is 0. The summed E-state index contributed by atoms with van der Waals surface area (Å²) in [5.41, 5.74) is 3.28. The van der Waals surface area contributed by atoms with Gasteiger partial charge in [-0.15, -0.1) is 0 Å². The van der Waals surface area contributed by atoms with Crippen LogP contribution in [0.5, 0.6) is 0 Å². The Morgan fingerprint density at radius 1 is 1.56 bits per heavy atom. The Kier molecular flexibility index (Phi) is 10.7. The Bertz CT molecular complexity index is 324. The van der Waals surface area contributed by atoms with E-state index in [1.54, 1.807) is 25.6 Å². The normalized spacial score (nSPS) is 9.44. The number of nitrogens with one attached hydrogen (secondary N) is 2. The first-order valence-corrected chi connectivity index (χ1v) is 6.82. The molecule has 1 aromatic heterocycles. The molecular weight excluding hydrogens is 321 g/mol. The predicted octanol–water partition coefficient (Wildman–Crippen LogP) is 1.28. The standard InChI is InChI=1S/C7H9N5S.2ClH.Cu/c1-8-7(13)12-11-5-6-4-9-2-3-10-6;;;/h2-5H,1H3,(H2,8,12,13);2*1H;/q;;;+2/p-2. The van der Waals surface area contributed by atoms with E-state index < -0.39 is 0 Å². The number of nitrogens with zero attached hydrogens (tertiary/aromatic N) is 3. The van der Waals surface area contributed by atoms with Crippen LogP contribution in [0.2, 0.25) is 0 Å². The van der Waals surface area contributed by atoms with Gasteiger partial charge in [0.25, 0.3) is 0 Å². The Labute approximate surface area is 114 Å². The first-order chi connectivity index (χ1) is 7.74. The van der Waals surface area contributed by atoms with Crippen molar-refractivity contribution in [2.24, 2.45) is 5.10 Å². The molecule has 9 heteroatoms. The molecule has 0 atom stereocenters. The molecule has 1 aromatic rings. The SMILES string of the molecule is CNC(=S)NN=Cc1cnccn1.[Cl][Cu][Cl]. The van der Waals surface area contributed by atoms with Crippen molar-refractivity contribution >= 4 is 43.7 Å². The van der Waals surface area contributed by atoms with Crippen molar-refractivity contribution in [2.75, 3.05) is 7.05 Å². The molecule has 0 aliphatic heterocycles. The molecule has 0 amide bonds. The zero-order valence-corrected chi connectivity index (χ0v) is 11.4. The van der Waals surface area contributed by atoms with Crippen LogP contribution in [0, 0.1) is 0 Å². The van der Waals surface area contributed by atoms with Gasteiger partial charge in [0.2, 0.25) is 0 Å². The summed E-state index contributed by atoms with van der Waals surface area (Å²) < 4.78 is 0. The quantitative estimate of drug-likeness (QED) is 0.370. The monoisotopic (exact) mass is 328 g/mol. The molecule has 2 N–H and O–H groups in total. The van der Waals surface area contributed by atoms with Crippen LogP contribution < -0.4 is 10.7 Å². The van der Waals surface area contributed by atoms with Crippen LogP contribution in [0.15, 0.2) is 23.7 Å². The number of rotatable bonds is 2. The van der Waals surface area contributed by atoms with Crippen molar-refractivity contribution < 1.29 is 13.1 Å². The van der Waals surface area contributed by atoms with Crippen molar-refractivity contribution in [3.63, 3.8) is 0 Å². The molecule has 0 bridgehead atoms. The second-order valence-corrected chi connectivity index (χ2v) is 4.09. The van der Waals surface area contributed by atoms with Crippen LogP contribution in [0.3, 0.4) is 0 Å². The number of halogens is 2. The number of hydrogen-bond donors (Lipinski definition) is 2. The van der Waals surface area contributed by atoms with E-state index >= 15 is 0 Å². The molecule has 0 fully saturated rings. The van der Waals surface area contributed by atoms with Gasteiger partial charge in [-0.25, -0.2) is 0 Å². The third-order valence-corrected chi connectivity index (χ3v) is 1.47. The fourth-order valence-electron chi connectivity index (χ4n) is 0.590. The van der Waals surface area contributed by atoms with Gasteiger partial charge in [0.05, 0.1) is 12.4 Å². The van der Waals surface area contributed by atoms with E-state index in [-0.39, 0.29) is 0 Å². The van der Waals surface area contributed by atoms with Gasteiger partial charge in [-0.05, 0) is 12.2 Å². The summed E-state index contributed by atoms with van der Waals surface area (Å²) in [5, 5.41) is 7.01. The summed E-state index contributed by atoms with van der Waals surface area (Å²) in [7, 11) is 11.1. The van der Waals surface area contributed by atoms with Crippen LogP contribution in [0.4, 0.5) is 0 Å². The van der Waals surface area contributed by atoms with Crippen molar-refractivity contribution in [2.45, 2.75) is 0 Å². The molecule has 0 spiro atoms. The minimum atomic E-state index is 0.458. The van der Waals surface area contributed by atoms with Crippen molar-refractivity contribution in [1.82, 2.24) is 20.7 Å². The van der Waals surface area contributed by atoms with E-state index in [4.69, 9.17) is 12.2 Å². The van der Waals surface area contributed by atoms with Gasteiger partial charge < -0.3 is 5.32 Å². The van der Waals surface area contributed by atoms with E-state index in [0.717, 1.165) is 13.1 Å². The van der Waals surface area contributed by atoms with Crippen LogP contribution in [0.25, 0.3) is 0 Å². The van der Waals surface area contributed by atoms with Crippen molar-refractivity contribution in [3.05, 3.63) is 24.3 Å². The molecule has 0 aliphatic rings. The summed E-state index contributed by atoms with van der Waals surface area (Å²) in [4.78, 5) is 7.86. The van der Waals surface area contributed by atoms with Gasteiger partial charge in [-0.2, -0.15) is 5.10 Å². The number of thiocarbonyl (C=S) groups is 1. The maximum absolute atomic E-state index is 4.80. The Morgan fingerprint density at radius 3 is 2.75 bits per heavy atom. The summed E-state index contributed by atoms with van der Waals surface area (Å²) in [6, 6.07) is 0. The Hall–Kier alpha value is -0.461. The van der Waals surface area contributed by atoms with Gasteiger partial charge in [0.1, 0.15) is 5.69 Å². The van der Waals surface area contributed by atoms with Gasteiger partial charge >= 0.3 is 33.3 Å². The Morgan fingerprint density at radius 2 is 2.25 bits per heavy atom. The van der Waals surface area contributed by atoms with Crippen LogP contribution >= 0.6 is 32.4 Å². The zero-order chi connectivity index (χ0) is 12.2. The van der Waals surface area contributed by atoms with Crippen molar-refractivity contribution in [3.8, 4) is 0 Å². The average molecular weight is 330 g/mol. The van der Waals surface area contributed by atoms with Crippen molar-refractivity contribution in [1.29, 1.82) is 0 Å². The van der Waals surface area contributed by atoms with E-state index in [1.807, 2.05) is 0 Å². The Balaban J connectivity index is 0.000000673. The second-order valence-electron chi connectivity index (χ2n) is 2.12. The van der Waals surface area contributed by atoms with Crippen LogP contribution in [0.1, 0.15) is 5.69 Å². The summed E-state index contributed by atoms with van der Waals surface area (Å²) in [6.07, 6.45) is 6.34. The predicted molar refractivity (Wildman–Crippen MR) is 66.1 cm³/mol. The maximum atomic E-state index is 4.80. The molecule has 1 heterocycles. The van der Waals surface area contributed by atoms with Crippen LogP contribution in [-0.2, 0) is 13.1 Å². The second kappa shape index (κ2) is 11.0. The summed E-state index contributed by atoms with van der Waals surface area (Å²) in [6.45, 7) is 0. The zero-order valence-electron chi connectivity index (χ0n) is 8.12. The fourth-order valence-corrected chi connectivity index (χ4v) is 0.643. The van der Waals surface area contributed by atoms with E-state index in [2.05, 4.69) is 46.0 Å². The third-order valence-electron chi connectivity index (χ3n) is 1.17. The molecule has 0 aliphatic carbocycles. The molecule has 0 saturated carbocycles. The first-order valence-electron chi connectivity index (χ1n) is 3.82. The molecular formula is C7H9Cl2CuN5S. The van der Waals surface area contributed by atoms with Crippen LogP contribution in [-0.4, -0.2) is 28.3 Å². The van der Waals surface area contributed by atoms with E-state index in [1.165, 1.54) is 6.21 Å². The minimum absolute atomic E-state index is 0.458. The van der Waals surface area contributed by atoms with E-state index in [0.29, 0.717) is 10.8 Å². The third kappa shape index (κ3) is 8.82. The summed E-state index contributed by atoms with van der Waals surface area (Å²) >= 11 is 5.56. The fraction of sp³-hybridized carbons (Fsp3) is 0.143. The molecule has 93 valence electrons. The molecule has 0 aromatic carbocycles. The molecule has 0 saturated heterocycles. The number of hydrazone groups is 1. The number of aromatic nitrogens is 2. The molecule has 5 nitrogen and oxygen atoms in total. The van der Waals surface area contributed by atoms with Gasteiger partial charge in [-0.1, -0.05) is 0 Å². The molecule has 0 radical (unpaired) electrons. The van der Waals surface area contributed by atoms with Gasteiger partial charge in [0, 0.05) is 19.4 Å². The first kappa shape index (κ1) is 15.5. The van der Waals surface area contributed by atoms with E-state index in [9.17, 15) is 0 Å². The van der Waals surface area contributed by atoms with Gasteiger partial charge in [0.15, 0.2) is 5.11 Å². The topological polar surface area (TPSA) is 62.2 Å². The molecule has 16 heavy (non-hydrogen) atoms.